The van der Waals surface area contributed by atoms with Gasteiger partial charge in [0.1, 0.15) is 7.28 Å². The molecule has 0 unspecified atom stereocenters. The van der Waals surface area contributed by atoms with Crippen molar-refractivity contribution in [3.63, 3.8) is 0 Å². The second-order valence-electron chi connectivity index (χ2n) is 14.2. The van der Waals surface area contributed by atoms with Gasteiger partial charge in [0.05, 0.1) is 18.1 Å². The zero-order valence-corrected chi connectivity index (χ0v) is 22.6. The number of hydrogen-bond acceptors (Lipinski definition) is 3. The minimum Gasteiger partial charge on any atom is -0.481 e. The van der Waals surface area contributed by atoms with Crippen LogP contribution in [0.2, 0.25) is 11.6 Å². The molecule has 0 radical (unpaired) electrons. The molecule has 0 aromatic heterocycles. The second-order valence-corrected chi connectivity index (χ2v) is 14.2. The highest BCUT2D eigenvalue weighted by molar-refractivity contribution is 6.40. The van der Waals surface area contributed by atoms with Gasteiger partial charge in [0.25, 0.3) is 0 Å². The Labute approximate surface area is 214 Å². The van der Waals surface area contributed by atoms with Crippen LogP contribution >= 0.6 is 0 Å². The van der Waals surface area contributed by atoms with E-state index in [1.54, 1.807) is 0 Å². The first kappa shape index (κ1) is 26.1. The molecule has 4 nitrogen and oxygen atoms in total. The summed E-state index contributed by atoms with van der Waals surface area (Å²) in [6.07, 6.45) is 15.1. The molecule has 5 aliphatic rings. The minimum atomic E-state index is -0.591. The molecule has 5 aliphatic carbocycles. The summed E-state index contributed by atoms with van der Waals surface area (Å²) in [6, 6.07) is 0. The van der Waals surface area contributed by atoms with Crippen LogP contribution in [0.4, 0.5) is 0 Å². The van der Waals surface area contributed by atoms with E-state index in [0.29, 0.717) is 35.0 Å². The summed E-state index contributed by atoms with van der Waals surface area (Å²) in [5, 5.41) is 31.8. The lowest BCUT2D eigenvalue weighted by atomic mass is 9.38. The average Bonchev–Trinajstić information content (AvgIpc) is 3.12. The maximum Gasteiger partial charge on any atom is 0.306 e. The molecular weight excluding hydrogens is 435 g/mol. The van der Waals surface area contributed by atoms with E-state index in [-0.39, 0.29) is 23.5 Å². The number of rotatable bonds is 4. The van der Waals surface area contributed by atoms with Crippen LogP contribution in [0.5, 0.6) is 0 Å². The highest BCUT2D eigenvalue weighted by atomic mass is 16.4. The average molecular weight is 487 g/mol. The molecule has 0 spiro atoms. The van der Waals surface area contributed by atoms with Crippen molar-refractivity contribution >= 4 is 13.2 Å². The zero-order chi connectivity index (χ0) is 25.0. The zero-order valence-electron chi connectivity index (χ0n) is 22.6. The fraction of sp³-hybridized carbons (Fsp3) is 0.967. The number of carboxylic acid groups (broad SMARTS) is 1. The summed E-state index contributed by atoms with van der Waals surface area (Å²) in [6.45, 7) is 7.38. The quantitative estimate of drug-likeness (QED) is 0.422. The molecule has 0 aromatic rings. The number of carbonyl (C=O) groups is 1. The predicted octanol–water partition coefficient (Wildman–Crippen LogP) is 6.07. The lowest BCUT2D eigenvalue weighted by Crippen LogP contribution is -2.62. The summed E-state index contributed by atoms with van der Waals surface area (Å²) in [4.78, 5) is 11.5. The SMILES string of the molecule is CC[C@H]1[C@@H](O)[C@@H]2[C@H](CC[C@]3(C)[C@@H](BC4CCCC(C(=O)O)CCC4)CC[C@@H]23)[C@@]2(C)CC[C@@H](O)C[C@@H]12. The molecule has 0 aliphatic heterocycles. The highest BCUT2D eigenvalue weighted by Gasteiger charge is 2.64. The molecule has 3 N–H and O–H groups in total. The lowest BCUT2D eigenvalue weighted by Gasteiger charge is -2.64. The number of fused-ring (bicyclic) bond motifs is 5. The van der Waals surface area contributed by atoms with Gasteiger partial charge in [-0.25, -0.2) is 0 Å². The third-order valence-corrected chi connectivity index (χ3v) is 12.9. The van der Waals surface area contributed by atoms with Crippen molar-refractivity contribution in [2.24, 2.45) is 46.3 Å². The van der Waals surface area contributed by atoms with Gasteiger partial charge in [0.2, 0.25) is 0 Å². The number of aliphatic carboxylic acids is 1. The van der Waals surface area contributed by atoms with E-state index in [1.165, 1.54) is 45.8 Å². The Morgan fingerprint density at radius 3 is 2.17 bits per heavy atom. The first-order chi connectivity index (χ1) is 16.7. The molecule has 5 fully saturated rings. The minimum absolute atomic E-state index is 0.120. The van der Waals surface area contributed by atoms with Crippen molar-refractivity contribution in [1.29, 1.82) is 0 Å². The molecular formula is C30H51BO4. The van der Waals surface area contributed by atoms with Crippen LogP contribution in [0.3, 0.4) is 0 Å². The molecule has 0 saturated heterocycles. The number of carboxylic acids is 1. The van der Waals surface area contributed by atoms with Crippen molar-refractivity contribution in [3.05, 3.63) is 0 Å². The Morgan fingerprint density at radius 1 is 0.857 bits per heavy atom. The Hall–Kier alpha value is -0.545. The fourth-order valence-electron chi connectivity index (χ4n) is 10.9. The van der Waals surface area contributed by atoms with Crippen LogP contribution in [0, 0.1) is 46.3 Å². The van der Waals surface area contributed by atoms with Crippen LogP contribution in [-0.2, 0) is 4.79 Å². The van der Waals surface area contributed by atoms with E-state index in [4.69, 9.17) is 0 Å². The molecule has 35 heavy (non-hydrogen) atoms. The number of aliphatic hydroxyl groups excluding tert-OH is 2. The standard InChI is InChI=1S/C30H51BO4/c1-4-21-24-17-20(32)13-15-29(24,2)23-14-16-30(3)22(26(23)27(21)33)11-12-25(30)31-19-9-5-7-18(28(34)35)8-6-10-19/h18-27,31-33H,4-17H2,1-3H3,(H,34,35)/t18?,19?,20-,21-,22+,23+,24+,25+,26+,27-,29-,30+/m1/s1. The van der Waals surface area contributed by atoms with Gasteiger partial charge in [-0.2, -0.15) is 0 Å². The second kappa shape index (κ2) is 9.97. The third kappa shape index (κ3) is 4.43. The summed E-state index contributed by atoms with van der Waals surface area (Å²) < 4.78 is 0. The van der Waals surface area contributed by atoms with Gasteiger partial charge >= 0.3 is 5.97 Å². The van der Waals surface area contributed by atoms with Gasteiger partial charge in [-0.05, 0) is 91.8 Å². The molecule has 5 heteroatoms. The van der Waals surface area contributed by atoms with Crippen LogP contribution < -0.4 is 0 Å². The van der Waals surface area contributed by atoms with E-state index in [9.17, 15) is 20.1 Å². The van der Waals surface area contributed by atoms with E-state index < -0.39 is 5.97 Å². The van der Waals surface area contributed by atoms with Crippen LogP contribution in [0.25, 0.3) is 0 Å². The van der Waals surface area contributed by atoms with Crippen molar-refractivity contribution in [2.45, 2.75) is 135 Å². The molecule has 0 bridgehead atoms. The van der Waals surface area contributed by atoms with Gasteiger partial charge in [0.15, 0.2) is 0 Å². The van der Waals surface area contributed by atoms with Gasteiger partial charge in [-0.3, -0.25) is 4.79 Å². The Morgan fingerprint density at radius 2 is 1.51 bits per heavy atom. The summed E-state index contributed by atoms with van der Waals surface area (Å²) >= 11 is 0. The van der Waals surface area contributed by atoms with Crippen LogP contribution in [-0.4, -0.2) is 40.8 Å². The van der Waals surface area contributed by atoms with Crippen LogP contribution in [0.1, 0.15) is 111 Å². The molecule has 5 rings (SSSR count). The Kier molecular flexibility index (Phi) is 7.43. The van der Waals surface area contributed by atoms with Crippen molar-refractivity contribution in [1.82, 2.24) is 0 Å². The lowest BCUT2D eigenvalue weighted by molar-refractivity contribution is -0.198. The fourth-order valence-corrected chi connectivity index (χ4v) is 10.9. The third-order valence-electron chi connectivity index (χ3n) is 12.9. The normalized spacial score (nSPS) is 52.4. The van der Waals surface area contributed by atoms with E-state index in [2.05, 4.69) is 20.8 Å². The summed E-state index contributed by atoms with van der Waals surface area (Å²) in [5.41, 5.74) is 0.632. The summed E-state index contributed by atoms with van der Waals surface area (Å²) in [5.74, 6) is 3.31. The van der Waals surface area contributed by atoms with Crippen molar-refractivity contribution in [2.75, 3.05) is 0 Å². The molecule has 0 heterocycles. The van der Waals surface area contributed by atoms with E-state index in [0.717, 1.165) is 63.0 Å². The largest absolute Gasteiger partial charge is 0.481 e. The van der Waals surface area contributed by atoms with Crippen molar-refractivity contribution < 1.29 is 20.1 Å². The van der Waals surface area contributed by atoms with Crippen molar-refractivity contribution in [3.8, 4) is 0 Å². The maximum absolute atomic E-state index is 11.9. The topological polar surface area (TPSA) is 77.8 Å². The Balaban J connectivity index is 1.31. The van der Waals surface area contributed by atoms with Gasteiger partial charge in [-0.15, -0.1) is 0 Å². The molecule has 198 valence electrons. The van der Waals surface area contributed by atoms with E-state index >= 15 is 0 Å². The monoisotopic (exact) mass is 486 g/mol. The smallest absolute Gasteiger partial charge is 0.306 e. The number of hydrogen-bond donors (Lipinski definition) is 3. The van der Waals surface area contributed by atoms with Crippen LogP contribution in [0.15, 0.2) is 0 Å². The maximum atomic E-state index is 11.9. The number of aliphatic hydroxyl groups is 2. The first-order valence-electron chi connectivity index (χ1n) is 15.3. The van der Waals surface area contributed by atoms with E-state index in [1.807, 2.05) is 0 Å². The molecule has 10 atom stereocenters. The highest BCUT2D eigenvalue weighted by Crippen LogP contribution is 2.70. The van der Waals surface area contributed by atoms with Gasteiger partial charge in [-0.1, -0.05) is 70.9 Å². The molecule has 0 amide bonds. The predicted molar refractivity (Wildman–Crippen MR) is 142 cm³/mol. The van der Waals surface area contributed by atoms with Gasteiger partial charge in [0, 0.05) is 0 Å². The summed E-state index contributed by atoms with van der Waals surface area (Å²) in [7, 11) is 1.32. The molecule has 0 aromatic carbocycles. The first-order valence-corrected chi connectivity index (χ1v) is 15.3. The molecule has 5 saturated carbocycles. The van der Waals surface area contributed by atoms with Gasteiger partial charge < -0.3 is 15.3 Å². The Bertz CT molecular complexity index is 763.